The van der Waals surface area contributed by atoms with Gasteiger partial charge < -0.3 is 20.9 Å². The number of amides is 1. The highest BCUT2D eigenvalue weighted by atomic mass is 16.1. The lowest BCUT2D eigenvalue weighted by Crippen LogP contribution is -2.18. The van der Waals surface area contributed by atoms with Gasteiger partial charge in [0.1, 0.15) is 11.6 Å². The molecule has 0 aliphatic rings. The molecule has 28 heavy (non-hydrogen) atoms. The smallest absolute Gasteiger partial charge is 0.260 e. The third-order valence-corrected chi connectivity index (χ3v) is 3.79. The number of azide groups is 1. The molecule has 2 aromatic heterocycles. The van der Waals surface area contributed by atoms with E-state index in [1.54, 1.807) is 31.3 Å². The Morgan fingerprint density at radius 1 is 1.18 bits per heavy atom. The van der Waals surface area contributed by atoms with Gasteiger partial charge in [-0.15, -0.1) is 10.2 Å². The van der Waals surface area contributed by atoms with Crippen LogP contribution < -0.4 is 20.9 Å². The molecule has 0 aliphatic carbocycles. The predicted molar refractivity (Wildman–Crippen MR) is 110 cm³/mol. The van der Waals surface area contributed by atoms with Gasteiger partial charge in [0, 0.05) is 39.1 Å². The Balaban J connectivity index is 2.07. The molecule has 2 aromatic rings. The molecule has 148 valence electrons. The second kappa shape index (κ2) is 10.5. The summed E-state index contributed by atoms with van der Waals surface area (Å²) in [4.78, 5) is 21.6. The quantitative estimate of drug-likeness (QED) is 0.247. The molecule has 1 amide bonds. The summed E-state index contributed by atoms with van der Waals surface area (Å²) in [6.07, 6.45) is 1.53. The lowest BCUT2D eigenvalue weighted by molar-refractivity contribution is 0.102. The van der Waals surface area contributed by atoms with Gasteiger partial charge in [-0.25, -0.2) is 4.98 Å². The van der Waals surface area contributed by atoms with Crippen molar-refractivity contribution in [3.8, 4) is 0 Å². The Bertz CT molecular complexity index is 830. The van der Waals surface area contributed by atoms with E-state index in [1.807, 2.05) is 19.0 Å². The van der Waals surface area contributed by atoms with Crippen LogP contribution in [0.25, 0.3) is 10.4 Å². The second-order valence-electron chi connectivity index (χ2n) is 6.06. The zero-order chi connectivity index (χ0) is 20.4. The molecule has 0 aromatic carbocycles. The van der Waals surface area contributed by atoms with Gasteiger partial charge in [-0.05, 0) is 42.6 Å². The number of pyridine rings is 1. The van der Waals surface area contributed by atoms with E-state index >= 15 is 0 Å². The number of carbonyl (C=O) groups excluding carboxylic acids is 1. The highest BCUT2D eigenvalue weighted by Gasteiger charge is 2.14. The second-order valence-corrected chi connectivity index (χ2v) is 6.06. The van der Waals surface area contributed by atoms with Crippen LogP contribution in [-0.4, -0.2) is 55.3 Å². The van der Waals surface area contributed by atoms with E-state index in [4.69, 9.17) is 5.53 Å². The van der Waals surface area contributed by atoms with Crippen LogP contribution in [0.4, 0.5) is 23.3 Å². The summed E-state index contributed by atoms with van der Waals surface area (Å²) in [7, 11) is 5.48. The van der Waals surface area contributed by atoms with Crippen LogP contribution in [0.3, 0.4) is 0 Å². The van der Waals surface area contributed by atoms with Gasteiger partial charge in [-0.2, -0.15) is 0 Å². The number of nitrogens with one attached hydrogen (secondary N) is 3. The van der Waals surface area contributed by atoms with E-state index in [1.165, 1.54) is 0 Å². The summed E-state index contributed by atoms with van der Waals surface area (Å²) in [6.45, 7) is 1.04. The van der Waals surface area contributed by atoms with Crippen molar-refractivity contribution in [3.05, 3.63) is 40.3 Å². The zero-order valence-electron chi connectivity index (χ0n) is 16.2. The number of carbonyl (C=O) groups is 1. The van der Waals surface area contributed by atoms with Gasteiger partial charge in [0.05, 0.1) is 5.56 Å². The third kappa shape index (κ3) is 5.99. The number of anilines is 4. The van der Waals surface area contributed by atoms with Crippen molar-refractivity contribution in [2.75, 3.05) is 55.1 Å². The van der Waals surface area contributed by atoms with Crippen LogP contribution >= 0.6 is 0 Å². The minimum absolute atomic E-state index is 0.335. The monoisotopic (exact) mass is 384 g/mol. The van der Waals surface area contributed by atoms with Gasteiger partial charge in [0.15, 0.2) is 11.6 Å². The highest BCUT2D eigenvalue weighted by molar-refractivity contribution is 6.07. The maximum absolute atomic E-state index is 12.7. The topological polar surface area (TPSA) is 144 Å². The Kier molecular flexibility index (Phi) is 7.79. The fraction of sp³-hybridized carbons (Fsp3) is 0.412. The van der Waals surface area contributed by atoms with E-state index in [9.17, 15) is 4.79 Å². The van der Waals surface area contributed by atoms with Gasteiger partial charge in [-0.1, -0.05) is 5.11 Å². The molecule has 3 N–H and O–H groups in total. The molecule has 11 heteroatoms. The Morgan fingerprint density at radius 3 is 2.61 bits per heavy atom. The third-order valence-electron chi connectivity index (χ3n) is 3.79. The summed E-state index contributed by atoms with van der Waals surface area (Å²) in [5.74, 6) is 1.82. The summed E-state index contributed by atoms with van der Waals surface area (Å²) in [5.41, 5.74) is 8.68. The van der Waals surface area contributed by atoms with E-state index < -0.39 is 0 Å². The van der Waals surface area contributed by atoms with Crippen molar-refractivity contribution in [2.24, 2.45) is 5.11 Å². The summed E-state index contributed by atoms with van der Waals surface area (Å²) in [6, 6.07) is 6.88. The van der Waals surface area contributed by atoms with Crippen molar-refractivity contribution in [3.63, 3.8) is 0 Å². The number of hydrogen-bond donors (Lipinski definition) is 3. The van der Waals surface area contributed by atoms with Crippen molar-refractivity contribution in [1.82, 2.24) is 15.2 Å². The van der Waals surface area contributed by atoms with Crippen molar-refractivity contribution >= 4 is 29.2 Å². The van der Waals surface area contributed by atoms with Gasteiger partial charge >= 0.3 is 0 Å². The standard InChI is InChI=1S/C17H24N10O/c1-19-13-7-6-12(16(22-13)20-10-4-5-11-21-26-18)17(28)23-14-8-9-15(25-24-14)27(2)3/h6-9H,4-5,10-11H2,1-3H3,(H2,19,20,22)(H,23,24,28). The molecule has 0 fully saturated rings. The van der Waals surface area contributed by atoms with Crippen molar-refractivity contribution < 1.29 is 4.79 Å². The molecule has 0 saturated carbocycles. The summed E-state index contributed by atoms with van der Waals surface area (Å²) >= 11 is 0. The fourth-order valence-electron chi connectivity index (χ4n) is 2.29. The largest absolute Gasteiger partial charge is 0.373 e. The molecule has 0 unspecified atom stereocenters. The molecule has 2 rings (SSSR count). The first-order valence-electron chi connectivity index (χ1n) is 8.81. The first-order valence-corrected chi connectivity index (χ1v) is 8.81. The molecule has 0 atom stereocenters. The lowest BCUT2D eigenvalue weighted by atomic mass is 10.2. The number of hydrogen-bond acceptors (Lipinski definition) is 8. The predicted octanol–water partition coefficient (Wildman–Crippen LogP) is 2.73. The maximum atomic E-state index is 12.7. The minimum Gasteiger partial charge on any atom is -0.373 e. The van der Waals surface area contributed by atoms with Crippen LogP contribution in [-0.2, 0) is 0 Å². The van der Waals surface area contributed by atoms with E-state index in [0.717, 1.165) is 12.8 Å². The van der Waals surface area contributed by atoms with Gasteiger partial charge in [0.2, 0.25) is 0 Å². The molecule has 0 radical (unpaired) electrons. The first kappa shape index (κ1) is 20.7. The molecule has 0 spiro atoms. The molecule has 0 saturated heterocycles. The number of unbranched alkanes of at least 4 members (excludes halogenated alkanes) is 1. The Hall–Kier alpha value is -3.59. The molecular formula is C17H24N10O. The molecule has 2 heterocycles. The van der Waals surface area contributed by atoms with Crippen LogP contribution in [0.2, 0.25) is 0 Å². The molecule has 0 bridgehead atoms. The van der Waals surface area contributed by atoms with Gasteiger partial charge in [0.25, 0.3) is 5.91 Å². The average molecular weight is 384 g/mol. The fourth-order valence-corrected chi connectivity index (χ4v) is 2.29. The first-order chi connectivity index (χ1) is 13.5. The minimum atomic E-state index is -0.335. The molecular weight excluding hydrogens is 360 g/mol. The van der Waals surface area contributed by atoms with Crippen molar-refractivity contribution in [2.45, 2.75) is 12.8 Å². The van der Waals surface area contributed by atoms with Gasteiger partial charge in [-0.3, -0.25) is 4.79 Å². The molecule has 11 nitrogen and oxygen atoms in total. The molecule has 0 aliphatic heterocycles. The zero-order valence-corrected chi connectivity index (χ0v) is 16.2. The maximum Gasteiger partial charge on any atom is 0.260 e. The number of rotatable bonds is 10. The number of aromatic nitrogens is 3. The van der Waals surface area contributed by atoms with Crippen LogP contribution in [0.15, 0.2) is 29.4 Å². The van der Waals surface area contributed by atoms with Crippen LogP contribution in [0, 0.1) is 0 Å². The Labute approximate surface area is 163 Å². The Morgan fingerprint density at radius 2 is 1.96 bits per heavy atom. The lowest BCUT2D eigenvalue weighted by Gasteiger charge is -2.13. The highest BCUT2D eigenvalue weighted by Crippen LogP contribution is 2.18. The average Bonchev–Trinajstić information content (AvgIpc) is 2.70. The number of nitrogens with zero attached hydrogens (tertiary/aromatic N) is 7. The summed E-state index contributed by atoms with van der Waals surface area (Å²) in [5, 5.41) is 20.4. The van der Waals surface area contributed by atoms with Crippen LogP contribution in [0.1, 0.15) is 23.2 Å². The van der Waals surface area contributed by atoms with Crippen molar-refractivity contribution in [1.29, 1.82) is 0 Å². The SMILES string of the molecule is CNc1ccc(C(=O)Nc2ccc(N(C)C)nn2)c(NCCCCN=[N+]=[N-])n1. The normalized spacial score (nSPS) is 9.96. The van der Waals surface area contributed by atoms with Crippen LogP contribution in [0.5, 0.6) is 0 Å². The summed E-state index contributed by atoms with van der Waals surface area (Å²) < 4.78 is 0. The van der Waals surface area contributed by atoms with E-state index in [2.05, 4.69) is 41.2 Å². The van der Waals surface area contributed by atoms with E-state index in [-0.39, 0.29) is 5.91 Å². The van der Waals surface area contributed by atoms with E-state index in [0.29, 0.717) is 41.9 Å².